The van der Waals surface area contributed by atoms with Crippen LogP contribution in [0.2, 0.25) is 0 Å². The van der Waals surface area contributed by atoms with Gasteiger partial charge in [-0.1, -0.05) is 24.3 Å². The fraction of sp³-hybridized carbons (Fsp3) is 0.364. The number of amides is 2. The summed E-state index contributed by atoms with van der Waals surface area (Å²) in [4.78, 5) is 28.2. The van der Waals surface area contributed by atoms with Crippen molar-refractivity contribution in [1.82, 2.24) is 10.2 Å². The minimum absolute atomic E-state index is 0.0529. The molecule has 2 amide bonds. The Morgan fingerprint density at radius 3 is 2.48 bits per heavy atom. The van der Waals surface area contributed by atoms with E-state index in [0.29, 0.717) is 38.3 Å². The summed E-state index contributed by atoms with van der Waals surface area (Å²) in [6, 6.07) is 15.2. The van der Waals surface area contributed by atoms with Gasteiger partial charge in [0, 0.05) is 38.4 Å². The molecule has 0 atom stereocenters. The molecule has 1 fully saturated rings. The summed E-state index contributed by atoms with van der Waals surface area (Å²) in [5.74, 6) is 0.490. The van der Waals surface area contributed by atoms with Gasteiger partial charge in [0.15, 0.2) is 0 Å². The fourth-order valence-electron chi connectivity index (χ4n) is 3.44. The largest absolute Gasteiger partial charge is 0.496 e. The number of hydrogen-bond acceptors (Lipinski definition) is 5. The van der Waals surface area contributed by atoms with Gasteiger partial charge in [0.05, 0.1) is 19.8 Å². The molecule has 2 aromatic carbocycles. The maximum absolute atomic E-state index is 12.5. The first-order valence-electron chi connectivity index (χ1n) is 9.70. The van der Waals surface area contributed by atoms with Crippen LogP contribution in [-0.4, -0.2) is 63.8 Å². The number of nitrogens with one attached hydrogen (secondary N) is 1. The zero-order valence-electron chi connectivity index (χ0n) is 16.9. The molecule has 1 N–H and O–H groups in total. The van der Waals surface area contributed by atoms with Crippen LogP contribution in [0.5, 0.6) is 5.75 Å². The number of piperazine rings is 1. The van der Waals surface area contributed by atoms with Crippen molar-refractivity contribution >= 4 is 17.7 Å². The number of methoxy groups -OCH3 is 2. The van der Waals surface area contributed by atoms with E-state index in [1.165, 1.54) is 7.11 Å². The fourth-order valence-corrected chi connectivity index (χ4v) is 3.44. The van der Waals surface area contributed by atoms with Crippen molar-refractivity contribution < 1.29 is 19.1 Å². The van der Waals surface area contributed by atoms with Gasteiger partial charge in [0.1, 0.15) is 5.75 Å². The molecule has 0 bridgehead atoms. The average molecular weight is 397 g/mol. The molecule has 7 heteroatoms. The third kappa shape index (κ3) is 5.19. The van der Waals surface area contributed by atoms with Crippen molar-refractivity contribution in [3.8, 4) is 5.75 Å². The highest BCUT2D eigenvalue weighted by atomic mass is 16.5. The number of anilines is 1. The topological polar surface area (TPSA) is 71.1 Å². The summed E-state index contributed by atoms with van der Waals surface area (Å²) in [5, 5.41) is 2.99. The number of ether oxygens (including phenoxy) is 2. The molecule has 1 heterocycles. The number of benzene rings is 2. The lowest BCUT2D eigenvalue weighted by molar-refractivity contribution is 0.0600. The maximum atomic E-state index is 12.5. The summed E-state index contributed by atoms with van der Waals surface area (Å²) in [7, 11) is 3.03. The Morgan fingerprint density at radius 2 is 1.76 bits per heavy atom. The van der Waals surface area contributed by atoms with Crippen molar-refractivity contribution in [1.29, 1.82) is 0 Å². The Balaban J connectivity index is 1.48. The first-order valence-corrected chi connectivity index (χ1v) is 9.70. The number of esters is 1. The molecule has 0 unspecified atom stereocenters. The number of carbonyl (C=O) groups excluding carboxylic acids is 2. The molecule has 7 nitrogen and oxygen atoms in total. The van der Waals surface area contributed by atoms with Gasteiger partial charge in [0.25, 0.3) is 0 Å². The summed E-state index contributed by atoms with van der Waals surface area (Å²) in [5.41, 5.74) is 2.57. The van der Waals surface area contributed by atoms with Gasteiger partial charge < -0.3 is 24.6 Å². The first-order chi connectivity index (χ1) is 14.1. The van der Waals surface area contributed by atoms with Crippen LogP contribution in [0.1, 0.15) is 15.9 Å². The van der Waals surface area contributed by atoms with E-state index >= 15 is 0 Å². The highest BCUT2D eigenvalue weighted by Gasteiger charge is 2.21. The standard InChI is InChI=1S/C22H27N3O4/c1-28-20-9-4-3-6-17(20)10-11-23-22(27)25-14-12-24(13-15-25)19-8-5-7-18(16-19)21(26)29-2/h3-9,16H,10-15H2,1-2H3,(H,23,27). The minimum Gasteiger partial charge on any atom is -0.496 e. The van der Waals surface area contributed by atoms with Crippen molar-refractivity contribution in [3.05, 3.63) is 59.7 Å². The monoisotopic (exact) mass is 397 g/mol. The van der Waals surface area contributed by atoms with Crippen LogP contribution in [0.4, 0.5) is 10.5 Å². The summed E-state index contributed by atoms with van der Waals surface area (Å²) in [6.07, 6.45) is 0.718. The van der Waals surface area contributed by atoms with E-state index in [-0.39, 0.29) is 12.0 Å². The maximum Gasteiger partial charge on any atom is 0.337 e. The van der Waals surface area contributed by atoms with Crippen LogP contribution in [-0.2, 0) is 11.2 Å². The predicted octanol–water partition coefficient (Wildman–Crippen LogP) is 2.56. The summed E-state index contributed by atoms with van der Waals surface area (Å²) < 4.78 is 10.1. The first kappa shape index (κ1) is 20.5. The lowest BCUT2D eigenvalue weighted by Gasteiger charge is -2.36. The second kappa shape index (κ2) is 9.82. The van der Waals surface area contributed by atoms with E-state index in [1.807, 2.05) is 47.4 Å². The zero-order chi connectivity index (χ0) is 20.6. The molecule has 0 aliphatic carbocycles. The Bertz CT molecular complexity index is 847. The van der Waals surface area contributed by atoms with Gasteiger partial charge in [-0.25, -0.2) is 9.59 Å². The number of hydrogen-bond donors (Lipinski definition) is 1. The van der Waals surface area contributed by atoms with Crippen LogP contribution in [0, 0.1) is 0 Å². The van der Waals surface area contributed by atoms with Crippen molar-refractivity contribution in [2.75, 3.05) is 51.8 Å². The smallest absolute Gasteiger partial charge is 0.337 e. The SMILES string of the molecule is COC(=O)c1cccc(N2CCN(C(=O)NCCc3ccccc3OC)CC2)c1. The van der Waals surface area contributed by atoms with Crippen molar-refractivity contribution in [3.63, 3.8) is 0 Å². The van der Waals surface area contributed by atoms with E-state index < -0.39 is 0 Å². The van der Waals surface area contributed by atoms with Gasteiger partial charge >= 0.3 is 12.0 Å². The molecular weight excluding hydrogens is 370 g/mol. The summed E-state index contributed by atoms with van der Waals surface area (Å²) in [6.45, 7) is 3.24. The van der Waals surface area contributed by atoms with E-state index in [9.17, 15) is 9.59 Å². The number of para-hydroxylation sites is 1. The molecule has 0 aromatic heterocycles. The molecule has 154 valence electrons. The quantitative estimate of drug-likeness (QED) is 0.759. The summed E-state index contributed by atoms with van der Waals surface area (Å²) >= 11 is 0. The Labute approximate surface area is 171 Å². The van der Waals surface area contributed by atoms with Crippen LogP contribution in [0.15, 0.2) is 48.5 Å². The molecular formula is C22H27N3O4. The molecule has 0 radical (unpaired) electrons. The number of carbonyl (C=O) groups is 2. The average Bonchev–Trinajstić information content (AvgIpc) is 2.79. The van der Waals surface area contributed by atoms with E-state index in [2.05, 4.69) is 10.2 Å². The van der Waals surface area contributed by atoms with Crippen molar-refractivity contribution in [2.24, 2.45) is 0 Å². The Kier molecular flexibility index (Phi) is 6.94. The third-order valence-corrected chi connectivity index (χ3v) is 5.06. The normalized spacial score (nSPS) is 13.7. The van der Waals surface area contributed by atoms with Crippen molar-refractivity contribution in [2.45, 2.75) is 6.42 Å². The lowest BCUT2D eigenvalue weighted by atomic mass is 10.1. The second-order valence-corrected chi connectivity index (χ2v) is 6.81. The van der Waals surface area contributed by atoms with E-state index in [1.54, 1.807) is 13.2 Å². The number of rotatable bonds is 6. The molecule has 1 saturated heterocycles. The lowest BCUT2D eigenvalue weighted by Crippen LogP contribution is -2.52. The number of nitrogens with zero attached hydrogens (tertiary/aromatic N) is 2. The van der Waals surface area contributed by atoms with Gasteiger partial charge in [-0.05, 0) is 36.2 Å². The molecule has 0 saturated carbocycles. The Morgan fingerprint density at radius 1 is 1.00 bits per heavy atom. The number of urea groups is 1. The molecule has 1 aliphatic rings. The van der Waals surface area contributed by atoms with Gasteiger partial charge in [-0.15, -0.1) is 0 Å². The van der Waals surface area contributed by atoms with Crippen LogP contribution in [0.25, 0.3) is 0 Å². The van der Waals surface area contributed by atoms with Crippen LogP contribution >= 0.6 is 0 Å². The molecule has 29 heavy (non-hydrogen) atoms. The molecule has 3 rings (SSSR count). The zero-order valence-corrected chi connectivity index (χ0v) is 16.9. The predicted molar refractivity (Wildman–Crippen MR) is 112 cm³/mol. The van der Waals surface area contributed by atoms with Crippen LogP contribution in [0.3, 0.4) is 0 Å². The highest BCUT2D eigenvalue weighted by molar-refractivity contribution is 5.90. The molecule has 1 aliphatic heterocycles. The van der Waals surface area contributed by atoms with E-state index in [0.717, 1.165) is 23.4 Å². The van der Waals surface area contributed by atoms with E-state index in [4.69, 9.17) is 9.47 Å². The van der Waals surface area contributed by atoms with Crippen LogP contribution < -0.4 is 15.0 Å². The second-order valence-electron chi connectivity index (χ2n) is 6.81. The molecule has 2 aromatic rings. The van der Waals surface area contributed by atoms with Gasteiger partial charge in [-0.2, -0.15) is 0 Å². The minimum atomic E-state index is -0.347. The highest BCUT2D eigenvalue weighted by Crippen LogP contribution is 2.19. The third-order valence-electron chi connectivity index (χ3n) is 5.06. The van der Waals surface area contributed by atoms with Gasteiger partial charge in [0.2, 0.25) is 0 Å². The van der Waals surface area contributed by atoms with Gasteiger partial charge in [-0.3, -0.25) is 0 Å². The molecule has 0 spiro atoms. The Hall–Kier alpha value is -3.22.